The van der Waals surface area contributed by atoms with Crippen LogP contribution in [0, 0.1) is 3.57 Å². The molecule has 1 atom stereocenters. The van der Waals surface area contributed by atoms with Gasteiger partial charge in [0.1, 0.15) is 5.75 Å². The first kappa shape index (κ1) is 12.0. The van der Waals surface area contributed by atoms with Gasteiger partial charge in [-0.15, -0.1) is 11.8 Å². The third-order valence-corrected chi connectivity index (χ3v) is 4.48. The lowest BCUT2D eigenvalue weighted by Crippen LogP contribution is -2.22. The predicted molar refractivity (Wildman–Crippen MR) is 78.1 cm³/mol. The quantitative estimate of drug-likeness (QED) is 0.782. The summed E-state index contributed by atoms with van der Waals surface area (Å²) < 4.78 is 6.44. The van der Waals surface area contributed by atoms with E-state index in [2.05, 4.69) is 9.97 Å². The number of fused-ring (bicyclic) bond motifs is 1. The second kappa shape index (κ2) is 4.93. The first-order chi connectivity index (χ1) is 8.74. The van der Waals surface area contributed by atoms with Gasteiger partial charge in [0.05, 0.1) is 3.57 Å². The molecule has 0 spiro atoms. The molecule has 0 saturated carbocycles. The average Bonchev–Trinajstić information content (AvgIpc) is 2.41. The zero-order valence-electron chi connectivity index (χ0n) is 9.22. The van der Waals surface area contributed by atoms with Crippen LogP contribution in [0.1, 0.15) is 11.9 Å². The summed E-state index contributed by atoms with van der Waals surface area (Å²) in [6, 6.07) is 7.88. The summed E-state index contributed by atoms with van der Waals surface area (Å²) in [4.78, 5) is 19.7. The number of hydrogen-bond acceptors (Lipinski definition) is 4. The summed E-state index contributed by atoms with van der Waals surface area (Å²) in [6.07, 6.45) is 1.37. The van der Waals surface area contributed by atoms with Gasteiger partial charge in [-0.3, -0.25) is 4.79 Å². The number of thioether (sulfide) groups is 1. The molecule has 3 rings (SSSR count). The maximum Gasteiger partial charge on any atom is 0.264 e. The van der Waals surface area contributed by atoms with Crippen molar-refractivity contribution in [2.75, 3.05) is 5.75 Å². The molecule has 1 aromatic carbocycles. The first-order valence-electron chi connectivity index (χ1n) is 5.37. The van der Waals surface area contributed by atoms with Crippen molar-refractivity contribution in [1.29, 1.82) is 0 Å². The number of ether oxygens (including phenoxy) is 1. The molecule has 92 valence electrons. The molecule has 0 aliphatic carbocycles. The molecule has 0 saturated heterocycles. The van der Waals surface area contributed by atoms with Gasteiger partial charge in [-0.25, -0.2) is 4.98 Å². The van der Waals surface area contributed by atoms with Gasteiger partial charge in [-0.05, 0) is 34.7 Å². The number of aromatic nitrogens is 2. The molecule has 18 heavy (non-hydrogen) atoms. The van der Waals surface area contributed by atoms with Gasteiger partial charge in [0.25, 0.3) is 5.56 Å². The van der Waals surface area contributed by atoms with Crippen LogP contribution in [0.3, 0.4) is 0 Å². The molecule has 1 aliphatic heterocycles. The molecule has 0 radical (unpaired) electrons. The van der Waals surface area contributed by atoms with Crippen molar-refractivity contribution in [1.82, 2.24) is 9.97 Å². The zero-order valence-corrected chi connectivity index (χ0v) is 12.2. The maximum atomic E-state index is 11.6. The number of para-hydroxylation sites is 1. The third kappa shape index (κ3) is 2.26. The summed E-state index contributed by atoms with van der Waals surface area (Å²) in [5.41, 5.74) is -0.118. The zero-order chi connectivity index (χ0) is 12.5. The highest BCUT2D eigenvalue weighted by atomic mass is 127. The van der Waals surface area contributed by atoms with Crippen LogP contribution in [0.5, 0.6) is 5.75 Å². The number of nitrogens with one attached hydrogen (secondary N) is 1. The van der Waals surface area contributed by atoms with Crippen molar-refractivity contribution in [3.05, 3.63) is 50.2 Å². The molecule has 0 amide bonds. The van der Waals surface area contributed by atoms with E-state index in [-0.39, 0.29) is 11.7 Å². The Labute approximate surface area is 121 Å². The van der Waals surface area contributed by atoms with Crippen LogP contribution >= 0.6 is 34.4 Å². The van der Waals surface area contributed by atoms with Crippen LogP contribution in [0.25, 0.3) is 0 Å². The molecule has 1 N–H and O–H groups in total. The van der Waals surface area contributed by atoms with E-state index in [0.29, 0.717) is 9.39 Å². The van der Waals surface area contributed by atoms with Crippen LogP contribution in [-0.2, 0) is 0 Å². The fourth-order valence-corrected chi connectivity index (χ4v) is 2.98. The third-order valence-electron chi connectivity index (χ3n) is 2.59. The number of benzene rings is 1. The van der Waals surface area contributed by atoms with Crippen LogP contribution in [0.2, 0.25) is 0 Å². The highest BCUT2D eigenvalue weighted by Crippen LogP contribution is 2.39. The van der Waals surface area contributed by atoms with Gasteiger partial charge in [0.2, 0.25) is 0 Å². The Morgan fingerprint density at radius 2 is 2.28 bits per heavy atom. The second-order valence-electron chi connectivity index (χ2n) is 3.81. The molecule has 1 aliphatic rings. The lowest BCUT2D eigenvalue weighted by molar-refractivity contribution is 0.210. The van der Waals surface area contributed by atoms with Crippen molar-refractivity contribution >= 4 is 34.4 Å². The van der Waals surface area contributed by atoms with E-state index in [4.69, 9.17) is 4.74 Å². The van der Waals surface area contributed by atoms with Gasteiger partial charge in [0.15, 0.2) is 11.9 Å². The fraction of sp³-hybridized carbons (Fsp3) is 0.167. The Morgan fingerprint density at radius 3 is 3.11 bits per heavy atom. The van der Waals surface area contributed by atoms with Crippen molar-refractivity contribution in [2.45, 2.75) is 11.0 Å². The van der Waals surface area contributed by atoms with Crippen molar-refractivity contribution < 1.29 is 4.74 Å². The topological polar surface area (TPSA) is 55.0 Å². The molecule has 2 heterocycles. The monoisotopic (exact) mass is 372 g/mol. The average molecular weight is 372 g/mol. The van der Waals surface area contributed by atoms with Gasteiger partial charge in [-0.2, -0.15) is 0 Å². The summed E-state index contributed by atoms with van der Waals surface area (Å²) in [5, 5.41) is 0. The Bertz CT molecular complexity index is 644. The molecule has 0 bridgehead atoms. The van der Waals surface area contributed by atoms with Gasteiger partial charge < -0.3 is 9.72 Å². The van der Waals surface area contributed by atoms with Crippen LogP contribution < -0.4 is 10.3 Å². The standard InChI is InChI=1S/C12H9IN2O2S/c13-7-5-14-11(15-12(7)16)9-6-18-10-4-2-1-3-8(10)17-9/h1-5,9H,6H2,(H,14,15,16). The number of aromatic amines is 1. The number of rotatable bonds is 1. The Balaban J connectivity index is 1.92. The number of H-pyrrole nitrogens is 1. The highest BCUT2D eigenvalue weighted by molar-refractivity contribution is 14.1. The minimum atomic E-state index is -0.199. The lowest BCUT2D eigenvalue weighted by Gasteiger charge is -2.24. The van der Waals surface area contributed by atoms with Crippen molar-refractivity contribution in [2.24, 2.45) is 0 Å². The van der Waals surface area contributed by atoms with E-state index in [1.807, 2.05) is 46.9 Å². The largest absolute Gasteiger partial charge is 0.480 e. The Morgan fingerprint density at radius 1 is 1.44 bits per heavy atom. The summed E-state index contributed by atoms with van der Waals surface area (Å²) in [7, 11) is 0. The lowest BCUT2D eigenvalue weighted by atomic mass is 10.3. The predicted octanol–water partition coefficient (Wildman–Crippen LogP) is 2.60. The normalized spacial score (nSPS) is 17.9. The Hall–Kier alpha value is -1.02. The first-order valence-corrected chi connectivity index (χ1v) is 7.43. The van der Waals surface area contributed by atoms with E-state index < -0.39 is 0 Å². The molecular formula is C12H9IN2O2S. The van der Waals surface area contributed by atoms with Crippen molar-refractivity contribution in [3.63, 3.8) is 0 Å². The molecule has 2 aromatic rings. The van der Waals surface area contributed by atoms with E-state index in [9.17, 15) is 4.79 Å². The highest BCUT2D eigenvalue weighted by Gasteiger charge is 2.23. The Kier molecular flexibility index (Phi) is 3.29. The van der Waals surface area contributed by atoms with E-state index in [1.54, 1.807) is 18.0 Å². The molecule has 4 nitrogen and oxygen atoms in total. The van der Waals surface area contributed by atoms with E-state index in [1.165, 1.54) is 0 Å². The number of nitrogens with zero attached hydrogens (tertiary/aromatic N) is 1. The summed E-state index contributed by atoms with van der Waals surface area (Å²) in [6.45, 7) is 0. The van der Waals surface area contributed by atoms with Gasteiger partial charge >= 0.3 is 0 Å². The molecular weight excluding hydrogens is 363 g/mol. The van der Waals surface area contributed by atoms with Crippen LogP contribution in [-0.4, -0.2) is 15.7 Å². The van der Waals surface area contributed by atoms with Crippen molar-refractivity contribution in [3.8, 4) is 5.75 Å². The maximum absolute atomic E-state index is 11.6. The van der Waals surface area contributed by atoms with Gasteiger partial charge in [0, 0.05) is 16.8 Å². The number of halogens is 1. The minimum absolute atomic E-state index is 0.118. The fourth-order valence-electron chi connectivity index (χ4n) is 1.71. The smallest absolute Gasteiger partial charge is 0.264 e. The van der Waals surface area contributed by atoms with Gasteiger partial charge in [-0.1, -0.05) is 12.1 Å². The second-order valence-corrected chi connectivity index (χ2v) is 6.03. The number of hydrogen-bond donors (Lipinski definition) is 1. The van der Waals surface area contributed by atoms with Crippen LogP contribution in [0.15, 0.2) is 40.2 Å². The summed E-state index contributed by atoms with van der Waals surface area (Å²) >= 11 is 3.67. The molecule has 1 unspecified atom stereocenters. The van der Waals surface area contributed by atoms with E-state index >= 15 is 0 Å². The molecule has 1 aromatic heterocycles. The van der Waals surface area contributed by atoms with E-state index in [0.717, 1.165) is 16.4 Å². The minimum Gasteiger partial charge on any atom is -0.480 e. The molecule has 0 fully saturated rings. The summed E-state index contributed by atoms with van der Waals surface area (Å²) in [5.74, 6) is 2.18. The van der Waals surface area contributed by atoms with Crippen LogP contribution in [0.4, 0.5) is 0 Å². The SMILES string of the molecule is O=c1[nH]c(C2CSc3ccccc3O2)ncc1I. The molecule has 6 heteroatoms.